The molecule has 3 aromatic rings. The van der Waals surface area contributed by atoms with E-state index in [4.69, 9.17) is 0 Å². The molecule has 1 aliphatic heterocycles. The van der Waals surface area contributed by atoms with Crippen LogP contribution < -0.4 is 10.9 Å². The van der Waals surface area contributed by atoms with Crippen LogP contribution in [0.5, 0.6) is 0 Å². The number of nitrogens with one attached hydrogen (secondary N) is 2. The molecule has 32 heavy (non-hydrogen) atoms. The van der Waals surface area contributed by atoms with Crippen molar-refractivity contribution < 1.29 is 14.7 Å². The number of allylic oxidation sites excluding steroid dienone is 2. The number of nitrogens with zero attached hydrogens (tertiary/aromatic N) is 1. The SMILES string of the molecule is CC1(C)CC(=O)C2=C(C1)Nc1[nH]n(-c3ccccc3)c(=O)c1[C@H]2c1ccccc1C(=O)O. The highest BCUT2D eigenvalue weighted by Crippen LogP contribution is 2.48. The summed E-state index contributed by atoms with van der Waals surface area (Å²) in [7, 11) is 0. The first-order chi connectivity index (χ1) is 15.3. The minimum atomic E-state index is -1.09. The Balaban J connectivity index is 1.80. The lowest BCUT2D eigenvalue weighted by atomic mass is 9.69. The summed E-state index contributed by atoms with van der Waals surface area (Å²) in [6.45, 7) is 4.06. The van der Waals surface area contributed by atoms with Crippen LogP contribution in [0.3, 0.4) is 0 Å². The molecule has 2 aromatic carbocycles. The number of fused-ring (bicyclic) bond motifs is 1. The van der Waals surface area contributed by atoms with Crippen molar-refractivity contribution in [2.75, 3.05) is 5.32 Å². The fourth-order valence-electron chi connectivity index (χ4n) is 4.90. The molecule has 1 aromatic heterocycles. The molecule has 0 radical (unpaired) electrons. The predicted molar refractivity (Wildman–Crippen MR) is 120 cm³/mol. The molecular formula is C25H23N3O4. The summed E-state index contributed by atoms with van der Waals surface area (Å²) in [6.07, 6.45) is 0.962. The maximum Gasteiger partial charge on any atom is 0.335 e. The Morgan fingerprint density at radius 2 is 1.72 bits per heavy atom. The number of carboxylic acid groups (broad SMARTS) is 1. The van der Waals surface area contributed by atoms with Crippen molar-refractivity contribution in [1.82, 2.24) is 9.78 Å². The average Bonchev–Trinajstić information content (AvgIpc) is 3.08. The fraction of sp³-hybridized carbons (Fsp3) is 0.240. The van der Waals surface area contributed by atoms with Gasteiger partial charge >= 0.3 is 5.97 Å². The van der Waals surface area contributed by atoms with E-state index in [1.807, 2.05) is 44.2 Å². The minimum absolute atomic E-state index is 0.0635. The molecule has 3 N–H and O–H groups in total. The monoisotopic (exact) mass is 429 g/mol. The fourth-order valence-corrected chi connectivity index (χ4v) is 4.90. The lowest BCUT2D eigenvalue weighted by Gasteiger charge is -2.38. The Kier molecular flexibility index (Phi) is 4.44. The van der Waals surface area contributed by atoms with Gasteiger partial charge in [0.15, 0.2) is 5.78 Å². The molecule has 0 saturated heterocycles. The van der Waals surface area contributed by atoms with Crippen molar-refractivity contribution >= 4 is 17.6 Å². The molecule has 0 fully saturated rings. The molecule has 7 heteroatoms. The first-order valence-electron chi connectivity index (χ1n) is 10.5. The number of carbonyl (C=O) groups is 2. The predicted octanol–water partition coefficient (Wildman–Crippen LogP) is 4.06. The van der Waals surface area contributed by atoms with E-state index < -0.39 is 11.9 Å². The van der Waals surface area contributed by atoms with E-state index in [1.54, 1.807) is 18.2 Å². The van der Waals surface area contributed by atoms with Gasteiger partial charge in [0.05, 0.1) is 16.8 Å². The second-order valence-electron chi connectivity index (χ2n) is 9.16. The number of Topliss-reactive ketones (excluding diaryl/α,β-unsaturated/α-hetero) is 1. The van der Waals surface area contributed by atoms with Gasteiger partial charge in [-0.15, -0.1) is 0 Å². The van der Waals surface area contributed by atoms with Gasteiger partial charge in [0.2, 0.25) is 0 Å². The topological polar surface area (TPSA) is 104 Å². The number of aromatic nitrogens is 2. The highest BCUT2D eigenvalue weighted by atomic mass is 16.4. The van der Waals surface area contributed by atoms with Gasteiger partial charge in [-0.3, -0.25) is 14.7 Å². The molecule has 0 saturated carbocycles. The van der Waals surface area contributed by atoms with Gasteiger partial charge in [-0.05, 0) is 35.6 Å². The molecule has 1 aliphatic carbocycles. The van der Waals surface area contributed by atoms with Gasteiger partial charge in [0, 0.05) is 23.6 Å². The van der Waals surface area contributed by atoms with E-state index in [2.05, 4.69) is 10.4 Å². The third-order valence-corrected chi connectivity index (χ3v) is 6.22. The first kappa shape index (κ1) is 20.1. The van der Waals surface area contributed by atoms with Crippen molar-refractivity contribution in [3.05, 3.63) is 92.9 Å². The van der Waals surface area contributed by atoms with E-state index in [1.165, 1.54) is 10.7 Å². The van der Waals surface area contributed by atoms with Crippen molar-refractivity contribution in [3.8, 4) is 5.69 Å². The van der Waals surface area contributed by atoms with Crippen LogP contribution in [0.25, 0.3) is 5.69 Å². The number of ketones is 1. The van der Waals surface area contributed by atoms with Gasteiger partial charge in [0.1, 0.15) is 5.82 Å². The molecule has 1 atom stereocenters. The first-order valence-corrected chi connectivity index (χ1v) is 10.5. The van der Waals surface area contributed by atoms with E-state index in [0.29, 0.717) is 41.0 Å². The molecule has 2 aliphatic rings. The van der Waals surface area contributed by atoms with Crippen LogP contribution in [0.15, 0.2) is 70.7 Å². The normalized spacial score (nSPS) is 19.2. The zero-order valence-electron chi connectivity index (χ0n) is 17.8. The number of para-hydroxylation sites is 1. The molecule has 2 heterocycles. The van der Waals surface area contributed by atoms with Crippen LogP contribution in [0.1, 0.15) is 54.1 Å². The lowest BCUT2D eigenvalue weighted by molar-refractivity contribution is -0.118. The largest absolute Gasteiger partial charge is 0.478 e. The summed E-state index contributed by atoms with van der Waals surface area (Å²) in [5.74, 6) is -1.42. The highest BCUT2D eigenvalue weighted by Gasteiger charge is 2.43. The number of aromatic carboxylic acids is 1. The van der Waals surface area contributed by atoms with Crippen LogP contribution in [0.4, 0.5) is 5.82 Å². The minimum Gasteiger partial charge on any atom is -0.478 e. The Hall–Kier alpha value is -3.87. The van der Waals surface area contributed by atoms with Gasteiger partial charge in [-0.25, -0.2) is 9.48 Å². The summed E-state index contributed by atoms with van der Waals surface area (Å²) in [6, 6.07) is 15.8. The molecule has 0 bridgehead atoms. The number of carbonyl (C=O) groups excluding carboxylic acids is 1. The molecule has 7 nitrogen and oxygen atoms in total. The molecule has 0 amide bonds. The number of carboxylic acids is 1. The Morgan fingerprint density at radius 3 is 2.44 bits per heavy atom. The van der Waals surface area contributed by atoms with Crippen LogP contribution in [0, 0.1) is 5.41 Å². The zero-order valence-corrected chi connectivity index (χ0v) is 17.8. The lowest BCUT2D eigenvalue weighted by Crippen LogP contribution is -2.35. The smallest absolute Gasteiger partial charge is 0.335 e. The molecular weight excluding hydrogens is 406 g/mol. The molecule has 0 unspecified atom stereocenters. The second-order valence-corrected chi connectivity index (χ2v) is 9.16. The number of anilines is 1. The van der Waals surface area contributed by atoms with E-state index >= 15 is 0 Å². The highest BCUT2D eigenvalue weighted by molar-refractivity contribution is 6.02. The molecule has 162 valence electrons. The van der Waals surface area contributed by atoms with E-state index in [-0.39, 0.29) is 22.3 Å². The number of hydrogen-bond donors (Lipinski definition) is 3. The third-order valence-electron chi connectivity index (χ3n) is 6.22. The van der Waals surface area contributed by atoms with Crippen LogP contribution >= 0.6 is 0 Å². The average molecular weight is 429 g/mol. The molecule has 0 spiro atoms. The summed E-state index contributed by atoms with van der Waals surface area (Å²) in [4.78, 5) is 39.0. The Labute approximate surface area is 184 Å². The van der Waals surface area contributed by atoms with E-state index in [0.717, 1.165) is 5.70 Å². The zero-order chi connectivity index (χ0) is 22.6. The Morgan fingerprint density at radius 1 is 1.03 bits per heavy atom. The number of rotatable bonds is 3. The standard InChI is InChI=1S/C25H23N3O4/c1-25(2)12-17-20(18(29)13-25)19(15-10-6-7-11-16(15)24(31)32)21-22(26-17)27-28(23(21)30)14-8-4-3-5-9-14/h3-11,19,26-27H,12-13H2,1-2H3,(H,31,32)/t19-/m0/s1. The summed E-state index contributed by atoms with van der Waals surface area (Å²) in [5.41, 5.74) is 2.22. The van der Waals surface area contributed by atoms with E-state index in [9.17, 15) is 19.5 Å². The van der Waals surface area contributed by atoms with Crippen molar-refractivity contribution in [2.24, 2.45) is 5.41 Å². The van der Waals surface area contributed by atoms with Gasteiger partial charge in [-0.2, -0.15) is 0 Å². The van der Waals surface area contributed by atoms with Crippen molar-refractivity contribution in [3.63, 3.8) is 0 Å². The van der Waals surface area contributed by atoms with Crippen LogP contribution in [-0.2, 0) is 4.79 Å². The summed E-state index contributed by atoms with van der Waals surface area (Å²) >= 11 is 0. The van der Waals surface area contributed by atoms with Crippen molar-refractivity contribution in [1.29, 1.82) is 0 Å². The number of hydrogen-bond acceptors (Lipinski definition) is 4. The molecule has 5 rings (SSSR count). The van der Waals surface area contributed by atoms with Crippen molar-refractivity contribution in [2.45, 2.75) is 32.6 Å². The maximum absolute atomic E-state index is 13.6. The third kappa shape index (κ3) is 3.09. The summed E-state index contributed by atoms with van der Waals surface area (Å²) < 4.78 is 1.43. The van der Waals surface area contributed by atoms with Crippen LogP contribution in [-0.4, -0.2) is 26.6 Å². The quantitative estimate of drug-likeness (QED) is 0.582. The number of benzene rings is 2. The van der Waals surface area contributed by atoms with Crippen LogP contribution in [0.2, 0.25) is 0 Å². The second kappa shape index (κ2) is 7.09. The Bertz CT molecular complexity index is 1350. The van der Waals surface area contributed by atoms with Gasteiger partial charge in [0.25, 0.3) is 5.56 Å². The number of H-pyrrole nitrogens is 1. The van der Waals surface area contributed by atoms with Gasteiger partial charge in [-0.1, -0.05) is 50.2 Å². The maximum atomic E-state index is 13.6. The van der Waals surface area contributed by atoms with Gasteiger partial charge < -0.3 is 10.4 Å². The number of aromatic amines is 1. The summed E-state index contributed by atoms with van der Waals surface area (Å²) in [5, 5.41) is 16.3.